The van der Waals surface area contributed by atoms with Crippen LogP contribution >= 0.6 is 11.6 Å². The highest BCUT2D eigenvalue weighted by atomic mass is 35.5. The van der Waals surface area contributed by atoms with Gasteiger partial charge in [0.05, 0.1) is 0 Å². The van der Waals surface area contributed by atoms with Crippen molar-refractivity contribution in [3.05, 3.63) is 107 Å². The van der Waals surface area contributed by atoms with Crippen LogP contribution in [0.25, 0.3) is 0 Å². The number of amides is 2. The van der Waals surface area contributed by atoms with Crippen LogP contribution in [0.4, 0.5) is 0 Å². The molecule has 0 fully saturated rings. The molecule has 2 amide bonds. The van der Waals surface area contributed by atoms with Crippen LogP contribution in [0, 0.1) is 0 Å². The molecular formula is C29H33ClN2O2. The third-order valence-electron chi connectivity index (χ3n) is 5.75. The summed E-state index contributed by atoms with van der Waals surface area (Å²) >= 11 is 6.42. The first-order valence-corrected chi connectivity index (χ1v) is 12.0. The molecule has 34 heavy (non-hydrogen) atoms. The van der Waals surface area contributed by atoms with Gasteiger partial charge >= 0.3 is 0 Å². The molecule has 0 spiro atoms. The number of benzene rings is 3. The van der Waals surface area contributed by atoms with Crippen LogP contribution in [0.15, 0.2) is 84.9 Å². The van der Waals surface area contributed by atoms with E-state index in [-0.39, 0.29) is 30.7 Å². The summed E-state index contributed by atoms with van der Waals surface area (Å²) < 4.78 is 0. The number of hydrogen-bond acceptors (Lipinski definition) is 2. The molecule has 3 rings (SSSR count). The Morgan fingerprint density at radius 1 is 0.853 bits per heavy atom. The van der Waals surface area contributed by atoms with Gasteiger partial charge in [0.15, 0.2) is 0 Å². The number of nitrogens with zero attached hydrogens (tertiary/aromatic N) is 1. The minimum atomic E-state index is -0.657. The lowest BCUT2D eigenvalue weighted by molar-refractivity contribution is -0.141. The first kappa shape index (κ1) is 25.5. The second-order valence-corrected chi connectivity index (χ2v) is 10.0. The van der Waals surface area contributed by atoms with Gasteiger partial charge in [0.25, 0.3) is 0 Å². The summed E-state index contributed by atoms with van der Waals surface area (Å²) in [7, 11) is 0. The molecule has 3 aromatic rings. The van der Waals surface area contributed by atoms with Crippen molar-refractivity contribution in [1.82, 2.24) is 10.2 Å². The Balaban J connectivity index is 1.94. The molecule has 0 saturated carbocycles. The molecule has 0 unspecified atom stereocenters. The highest BCUT2D eigenvalue weighted by Crippen LogP contribution is 2.30. The van der Waals surface area contributed by atoms with Crippen molar-refractivity contribution in [3.8, 4) is 0 Å². The SMILES string of the molecule is C[C@H](C(=O)NC(C)(C)C)N(Cc1ccccc1Cl)C(=O)CC(c1ccccc1)c1ccccc1. The Hall–Kier alpha value is -3.11. The van der Waals surface area contributed by atoms with Crippen molar-refractivity contribution in [3.63, 3.8) is 0 Å². The monoisotopic (exact) mass is 476 g/mol. The third-order valence-corrected chi connectivity index (χ3v) is 6.12. The second kappa shape index (κ2) is 11.3. The summed E-state index contributed by atoms with van der Waals surface area (Å²) in [4.78, 5) is 28.5. The molecule has 0 radical (unpaired) electrons. The van der Waals surface area contributed by atoms with Crippen molar-refractivity contribution in [2.24, 2.45) is 0 Å². The molecule has 5 heteroatoms. The molecule has 0 saturated heterocycles. The molecule has 0 aliphatic carbocycles. The highest BCUT2D eigenvalue weighted by molar-refractivity contribution is 6.31. The summed E-state index contributed by atoms with van der Waals surface area (Å²) in [5.74, 6) is -0.417. The van der Waals surface area contributed by atoms with E-state index in [9.17, 15) is 9.59 Å². The number of nitrogens with one attached hydrogen (secondary N) is 1. The number of rotatable bonds is 8. The Labute approximate surface area is 207 Å². The fraction of sp³-hybridized carbons (Fsp3) is 0.310. The van der Waals surface area contributed by atoms with Crippen molar-refractivity contribution < 1.29 is 9.59 Å². The van der Waals surface area contributed by atoms with E-state index in [1.54, 1.807) is 17.9 Å². The lowest BCUT2D eigenvalue weighted by Crippen LogP contribution is -2.52. The molecule has 0 aliphatic rings. The van der Waals surface area contributed by atoms with Crippen LogP contribution < -0.4 is 5.32 Å². The van der Waals surface area contributed by atoms with E-state index in [0.29, 0.717) is 5.02 Å². The van der Waals surface area contributed by atoms with Crippen molar-refractivity contribution in [2.45, 2.75) is 58.2 Å². The van der Waals surface area contributed by atoms with Gasteiger partial charge in [0.2, 0.25) is 11.8 Å². The van der Waals surface area contributed by atoms with Gasteiger partial charge in [-0.3, -0.25) is 9.59 Å². The van der Waals surface area contributed by atoms with Crippen LogP contribution in [-0.4, -0.2) is 28.3 Å². The number of carbonyl (C=O) groups is 2. The topological polar surface area (TPSA) is 49.4 Å². The molecule has 0 heterocycles. The van der Waals surface area contributed by atoms with Gasteiger partial charge < -0.3 is 10.2 Å². The van der Waals surface area contributed by atoms with Crippen LogP contribution in [0.5, 0.6) is 0 Å². The number of hydrogen-bond donors (Lipinski definition) is 1. The van der Waals surface area contributed by atoms with Gasteiger partial charge in [-0.2, -0.15) is 0 Å². The quantitative estimate of drug-likeness (QED) is 0.421. The van der Waals surface area contributed by atoms with Crippen molar-refractivity contribution in [2.75, 3.05) is 0 Å². The highest BCUT2D eigenvalue weighted by Gasteiger charge is 2.30. The Morgan fingerprint density at radius 2 is 1.35 bits per heavy atom. The summed E-state index contributed by atoms with van der Waals surface area (Å²) in [5.41, 5.74) is 2.53. The summed E-state index contributed by atoms with van der Waals surface area (Å²) in [5, 5.41) is 3.58. The van der Waals surface area contributed by atoms with Gasteiger partial charge in [-0.15, -0.1) is 0 Å². The maximum absolute atomic E-state index is 13.8. The van der Waals surface area contributed by atoms with Gasteiger partial charge in [-0.1, -0.05) is 90.5 Å². The minimum Gasteiger partial charge on any atom is -0.350 e. The zero-order chi connectivity index (χ0) is 24.7. The molecular weight excluding hydrogens is 444 g/mol. The zero-order valence-electron chi connectivity index (χ0n) is 20.3. The van der Waals surface area contributed by atoms with Crippen molar-refractivity contribution in [1.29, 1.82) is 0 Å². The summed E-state index contributed by atoms with van der Waals surface area (Å²) in [6.45, 7) is 7.82. The molecule has 1 atom stereocenters. The minimum absolute atomic E-state index is 0.103. The first-order valence-electron chi connectivity index (χ1n) is 11.6. The molecule has 0 aliphatic heterocycles. The fourth-order valence-corrected chi connectivity index (χ4v) is 4.15. The van der Waals surface area contributed by atoms with E-state index in [4.69, 9.17) is 11.6 Å². The zero-order valence-corrected chi connectivity index (χ0v) is 21.0. The largest absolute Gasteiger partial charge is 0.350 e. The van der Waals surface area contributed by atoms with E-state index in [1.165, 1.54) is 0 Å². The van der Waals surface area contributed by atoms with Gasteiger partial charge in [0.1, 0.15) is 6.04 Å². The maximum atomic E-state index is 13.8. The molecule has 0 bridgehead atoms. The first-order chi connectivity index (χ1) is 16.2. The van der Waals surface area contributed by atoms with E-state index < -0.39 is 11.6 Å². The lowest BCUT2D eigenvalue weighted by Gasteiger charge is -2.33. The van der Waals surface area contributed by atoms with Crippen molar-refractivity contribution >= 4 is 23.4 Å². The summed E-state index contributed by atoms with van der Waals surface area (Å²) in [6.07, 6.45) is 0.242. The van der Waals surface area contributed by atoms with Gasteiger partial charge in [-0.05, 0) is 50.5 Å². The third kappa shape index (κ3) is 6.94. The van der Waals surface area contributed by atoms with Crippen LogP contribution in [0.2, 0.25) is 5.02 Å². The van der Waals surface area contributed by atoms with Crippen LogP contribution in [-0.2, 0) is 16.1 Å². The summed E-state index contributed by atoms with van der Waals surface area (Å²) in [6, 6.07) is 26.8. The predicted octanol–water partition coefficient (Wildman–Crippen LogP) is 6.19. The maximum Gasteiger partial charge on any atom is 0.242 e. The fourth-order valence-electron chi connectivity index (χ4n) is 3.96. The lowest BCUT2D eigenvalue weighted by atomic mass is 9.88. The predicted molar refractivity (Wildman–Crippen MR) is 139 cm³/mol. The Bertz CT molecular complexity index is 1050. The van der Waals surface area contributed by atoms with Crippen LogP contribution in [0.1, 0.15) is 56.7 Å². The van der Waals surface area contributed by atoms with E-state index in [1.807, 2.05) is 99.6 Å². The smallest absolute Gasteiger partial charge is 0.242 e. The standard InChI is InChI=1S/C29H33ClN2O2/c1-21(28(34)31-29(2,3)4)32(20-24-17-11-12-18-26(24)30)27(33)19-25(22-13-7-5-8-14-22)23-15-9-6-10-16-23/h5-18,21,25H,19-20H2,1-4H3,(H,31,34)/t21-/m1/s1. The average molecular weight is 477 g/mol. The van der Waals surface area contributed by atoms with E-state index in [0.717, 1.165) is 16.7 Å². The Kier molecular flexibility index (Phi) is 8.51. The van der Waals surface area contributed by atoms with Gasteiger partial charge in [0, 0.05) is 29.4 Å². The molecule has 3 aromatic carbocycles. The van der Waals surface area contributed by atoms with E-state index >= 15 is 0 Å². The van der Waals surface area contributed by atoms with E-state index in [2.05, 4.69) is 5.32 Å². The normalized spacial score (nSPS) is 12.3. The molecule has 4 nitrogen and oxygen atoms in total. The molecule has 0 aromatic heterocycles. The molecule has 178 valence electrons. The van der Waals surface area contributed by atoms with Gasteiger partial charge in [-0.25, -0.2) is 0 Å². The Morgan fingerprint density at radius 3 is 1.85 bits per heavy atom. The van der Waals surface area contributed by atoms with Crippen LogP contribution in [0.3, 0.4) is 0 Å². The number of halogens is 1. The average Bonchev–Trinajstić information content (AvgIpc) is 2.81. The number of carbonyl (C=O) groups excluding carboxylic acids is 2. The second-order valence-electron chi connectivity index (χ2n) is 9.61. The molecule has 1 N–H and O–H groups in total.